The van der Waals surface area contributed by atoms with Crippen LogP contribution in [0.1, 0.15) is 17.2 Å². The van der Waals surface area contributed by atoms with Gasteiger partial charge >= 0.3 is 0 Å². The van der Waals surface area contributed by atoms with E-state index in [0.717, 1.165) is 11.1 Å². The highest BCUT2D eigenvalue weighted by molar-refractivity contribution is 5.50. The number of nitrogen functional groups attached to an aromatic ring is 1. The molecule has 1 unspecified atom stereocenters. The minimum absolute atomic E-state index is 0.153. The lowest BCUT2D eigenvalue weighted by atomic mass is 9.99. The van der Waals surface area contributed by atoms with E-state index in [1.54, 1.807) is 30.6 Å². The fourth-order valence-corrected chi connectivity index (χ4v) is 1.88. The summed E-state index contributed by atoms with van der Waals surface area (Å²) in [5, 5.41) is 0. The van der Waals surface area contributed by atoms with E-state index in [1.165, 1.54) is 13.2 Å². The van der Waals surface area contributed by atoms with E-state index in [4.69, 9.17) is 16.3 Å². The Morgan fingerprint density at radius 3 is 2.79 bits per heavy atom. The van der Waals surface area contributed by atoms with Gasteiger partial charge in [-0.3, -0.25) is 10.8 Å². The molecule has 1 heterocycles. The molecule has 6 heteroatoms. The van der Waals surface area contributed by atoms with Gasteiger partial charge in [0, 0.05) is 23.6 Å². The number of hydrazine groups is 1. The van der Waals surface area contributed by atoms with Crippen LogP contribution in [0.5, 0.6) is 5.75 Å². The van der Waals surface area contributed by atoms with Crippen LogP contribution in [-0.4, -0.2) is 12.1 Å². The van der Waals surface area contributed by atoms with Gasteiger partial charge in [-0.25, -0.2) is 9.82 Å². The molecule has 0 radical (unpaired) electrons. The average Bonchev–Trinajstić information content (AvgIpc) is 2.43. The van der Waals surface area contributed by atoms with Crippen molar-refractivity contribution in [2.24, 2.45) is 5.84 Å². The third kappa shape index (κ3) is 2.64. The lowest BCUT2D eigenvalue weighted by molar-refractivity contribution is 0.385. The van der Waals surface area contributed by atoms with Crippen molar-refractivity contribution in [2.75, 3.05) is 12.8 Å². The lowest BCUT2D eigenvalue weighted by Gasteiger charge is -2.19. The SMILES string of the molecule is COc1cc(C(NN)c2cnccc2N)ccc1F. The summed E-state index contributed by atoms with van der Waals surface area (Å²) < 4.78 is 18.4. The number of hydrogen-bond acceptors (Lipinski definition) is 5. The first-order valence-corrected chi connectivity index (χ1v) is 5.66. The number of nitrogens with zero attached hydrogens (tertiary/aromatic N) is 1. The normalized spacial score (nSPS) is 12.2. The molecule has 5 N–H and O–H groups in total. The Kier molecular flexibility index (Phi) is 3.94. The third-order valence-electron chi connectivity index (χ3n) is 2.87. The molecule has 5 nitrogen and oxygen atoms in total. The van der Waals surface area contributed by atoms with Crippen LogP contribution in [0.3, 0.4) is 0 Å². The van der Waals surface area contributed by atoms with E-state index < -0.39 is 5.82 Å². The monoisotopic (exact) mass is 262 g/mol. The topological polar surface area (TPSA) is 86.2 Å². The quantitative estimate of drug-likeness (QED) is 0.572. The highest BCUT2D eigenvalue weighted by atomic mass is 19.1. The molecule has 2 rings (SSSR count). The molecule has 0 aliphatic rings. The van der Waals surface area contributed by atoms with Crippen LogP contribution in [-0.2, 0) is 0 Å². The molecule has 0 saturated carbocycles. The zero-order chi connectivity index (χ0) is 13.8. The summed E-state index contributed by atoms with van der Waals surface area (Å²) in [6.45, 7) is 0. The van der Waals surface area contributed by atoms with Crippen molar-refractivity contribution in [3.63, 3.8) is 0 Å². The number of halogens is 1. The second-order valence-electron chi connectivity index (χ2n) is 4.00. The van der Waals surface area contributed by atoms with Gasteiger partial charge in [-0.2, -0.15) is 0 Å². The van der Waals surface area contributed by atoms with Crippen molar-refractivity contribution in [2.45, 2.75) is 6.04 Å². The van der Waals surface area contributed by atoms with Crippen molar-refractivity contribution < 1.29 is 9.13 Å². The maximum Gasteiger partial charge on any atom is 0.165 e. The fourth-order valence-electron chi connectivity index (χ4n) is 1.88. The molecule has 0 amide bonds. The Bertz CT molecular complexity index is 576. The molecular weight excluding hydrogens is 247 g/mol. The first-order valence-electron chi connectivity index (χ1n) is 5.66. The standard InChI is InChI=1S/C13H15FN4O/c1-19-12-6-8(2-3-10(12)14)13(18-16)9-7-17-5-4-11(9)15/h2-7,13,18H,16H2,1H3,(H2,15,17). The Morgan fingerprint density at radius 1 is 1.37 bits per heavy atom. The van der Waals surface area contributed by atoms with Crippen molar-refractivity contribution >= 4 is 5.69 Å². The van der Waals surface area contributed by atoms with Crippen molar-refractivity contribution in [3.8, 4) is 5.75 Å². The minimum atomic E-state index is -0.429. The summed E-state index contributed by atoms with van der Waals surface area (Å²) in [7, 11) is 1.41. The van der Waals surface area contributed by atoms with Gasteiger partial charge in [0.05, 0.1) is 13.2 Å². The Morgan fingerprint density at radius 2 is 2.16 bits per heavy atom. The maximum absolute atomic E-state index is 13.4. The van der Waals surface area contributed by atoms with Gasteiger partial charge in [0.1, 0.15) is 0 Å². The minimum Gasteiger partial charge on any atom is -0.494 e. The van der Waals surface area contributed by atoms with Gasteiger partial charge in [-0.1, -0.05) is 6.07 Å². The van der Waals surface area contributed by atoms with E-state index in [-0.39, 0.29) is 11.8 Å². The number of hydrogen-bond donors (Lipinski definition) is 3. The fraction of sp³-hybridized carbons (Fsp3) is 0.154. The number of nitrogens with one attached hydrogen (secondary N) is 1. The van der Waals surface area contributed by atoms with Gasteiger partial charge in [-0.05, 0) is 23.8 Å². The molecule has 1 aromatic heterocycles. The van der Waals surface area contributed by atoms with Crippen LogP contribution < -0.4 is 21.7 Å². The first kappa shape index (κ1) is 13.3. The average molecular weight is 262 g/mol. The summed E-state index contributed by atoms with van der Waals surface area (Å²) in [6, 6.07) is 5.82. The van der Waals surface area contributed by atoms with E-state index in [0.29, 0.717) is 5.69 Å². The summed E-state index contributed by atoms with van der Waals surface area (Å²) >= 11 is 0. The van der Waals surface area contributed by atoms with Crippen LogP contribution in [0.4, 0.5) is 10.1 Å². The molecule has 0 aliphatic heterocycles. The summed E-state index contributed by atoms with van der Waals surface area (Å²) in [6.07, 6.45) is 3.22. The van der Waals surface area contributed by atoms with Gasteiger partial charge in [0.15, 0.2) is 11.6 Å². The molecule has 0 saturated heterocycles. The van der Waals surface area contributed by atoms with E-state index in [9.17, 15) is 4.39 Å². The van der Waals surface area contributed by atoms with Crippen molar-refractivity contribution in [3.05, 3.63) is 53.6 Å². The number of rotatable bonds is 4. The Hall–Kier alpha value is -2.18. The van der Waals surface area contributed by atoms with E-state index >= 15 is 0 Å². The van der Waals surface area contributed by atoms with Gasteiger partial charge < -0.3 is 10.5 Å². The molecule has 0 spiro atoms. The summed E-state index contributed by atoms with van der Waals surface area (Å²) in [4.78, 5) is 4.02. The third-order valence-corrected chi connectivity index (χ3v) is 2.87. The van der Waals surface area contributed by atoms with Crippen LogP contribution in [0.15, 0.2) is 36.7 Å². The second-order valence-corrected chi connectivity index (χ2v) is 4.00. The second kappa shape index (κ2) is 5.64. The van der Waals surface area contributed by atoms with Gasteiger partial charge in [0.2, 0.25) is 0 Å². The largest absolute Gasteiger partial charge is 0.494 e. The highest BCUT2D eigenvalue weighted by Crippen LogP contribution is 2.28. The number of anilines is 1. The predicted octanol–water partition coefficient (Wildman–Crippen LogP) is 1.36. The van der Waals surface area contributed by atoms with Gasteiger partial charge in [0.25, 0.3) is 0 Å². The van der Waals surface area contributed by atoms with Crippen LogP contribution in [0.2, 0.25) is 0 Å². The smallest absolute Gasteiger partial charge is 0.165 e. The zero-order valence-electron chi connectivity index (χ0n) is 10.4. The molecule has 0 bridgehead atoms. The molecule has 0 fully saturated rings. The molecule has 2 aromatic rings. The van der Waals surface area contributed by atoms with Gasteiger partial charge in [-0.15, -0.1) is 0 Å². The number of benzene rings is 1. The molecule has 0 aliphatic carbocycles. The number of aromatic nitrogens is 1. The molecule has 1 atom stereocenters. The Balaban J connectivity index is 2.45. The highest BCUT2D eigenvalue weighted by Gasteiger charge is 2.17. The number of nitrogens with two attached hydrogens (primary N) is 2. The number of methoxy groups -OCH3 is 1. The molecule has 1 aromatic carbocycles. The molecular formula is C13H15FN4O. The number of ether oxygens (including phenoxy) is 1. The predicted molar refractivity (Wildman–Crippen MR) is 70.8 cm³/mol. The maximum atomic E-state index is 13.4. The van der Waals surface area contributed by atoms with Crippen LogP contribution in [0.25, 0.3) is 0 Å². The van der Waals surface area contributed by atoms with Crippen molar-refractivity contribution in [1.29, 1.82) is 0 Å². The lowest BCUT2D eigenvalue weighted by Crippen LogP contribution is -2.29. The van der Waals surface area contributed by atoms with E-state index in [1.807, 2.05) is 0 Å². The zero-order valence-corrected chi connectivity index (χ0v) is 10.4. The van der Waals surface area contributed by atoms with Crippen LogP contribution >= 0.6 is 0 Å². The van der Waals surface area contributed by atoms with Crippen LogP contribution in [0, 0.1) is 5.82 Å². The summed E-state index contributed by atoms with van der Waals surface area (Å²) in [5.41, 5.74) is 10.6. The van der Waals surface area contributed by atoms with E-state index in [2.05, 4.69) is 10.4 Å². The Labute approximate surface area is 110 Å². The van der Waals surface area contributed by atoms with Crippen molar-refractivity contribution in [1.82, 2.24) is 10.4 Å². The molecule has 19 heavy (non-hydrogen) atoms. The summed E-state index contributed by atoms with van der Waals surface area (Å²) in [5.74, 6) is 5.29. The number of pyridine rings is 1. The molecule has 100 valence electrons. The first-order chi connectivity index (χ1) is 9.17.